The SMILES string of the molecule is CCCN(CC1CC1)c1nc(CC)c(C(=O)O)s1. The van der Waals surface area contributed by atoms with Crippen LogP contribution >= 0.6 is 11.3 Å². The van der Waals surface area contributed by atoms with Crippen molar-refractivity contribution in [1.29, 1.82) is 0 Å². The summed E-state index contributed by atoms with van der Waals surface area (Å²) in [6.07, 6.45) is 4.35. The Labute approximate surface area is 112 Å². The number of carbonyl (C=O) groups is 1. The van der Waals surface area contributed by atoms with Crippen molar-refractivity contribution in [1.82, 2.24) is 4.98 Å². The van der Waals surface area contributed by atoms with Gasteiger partial charge >= 0.3 is 5.97 Å². The van der Waals surface area contributed by atoms with Crippen LogP contribution in [0.2, 0.25) is 0 Å². The van der Waals surface area contributed by atoms with E-state index in [2.05, 4.69) is 16.8 Å². The van der Waals surface area contributed by atoms with Gasteiger partial charge in [-0.15, -0.1) is 0 Å². The van der Waals surface area contributed by atoms with Gasteiger partial charge in [0.05, 0.1) is 5.69 Å². The summed E-state index contributed by atoms with van der Waals surface area (Å²) in [4.78, 5) is 18.3. The molecule has 4 nitrogen and oxygen atoms in total. The molecule has 1 fully saturated rings. The molecule has 0 atom stereocenters. The average Bonchev–Trinajstić information content (AvgIpc) is 3.05. The lowest BCUT2D eigenvalue weighted by molar-refractivity contribution is 0.0701. The van der Waals surface area contributed by atoms with Gasteiger partial charge in [0, 0.05) is 13.1 Å². The van der Waals surface area contributed by atoms with Crippen molar-refractivity contribution in [2.24, 2.45) is 5.92 Å². The van der Waals surface area contributed by atoms with Gasteiger partial charge in [-0.3, -0.25) is 0 Å². The van der Waals surface area contributed by atoms with Crippen molar-refractivity contribution in [3.05, 3.63) is 10.6 Å². The molecule has 1 aliphatic carbocycles. The number of hydrogen-bond donors (Lipinski definition) is 1. The minimum Gasteiger partial charge on any atom is -0.477 e. The van der Waals surface area contributed by atoms with Gasteiger partial charge in [0.2, 0.25) is 0 Å². The van der Waals surface area contributed by atoms with E-state index in [-0.39, 0.29) is 0 Å². The van der Waals surface area contributed by atoms with Gasteiger partial charge < -0.3 is 10.0 Å². The second-order valence-electron chi connectivity index (χ2n) is 4.82. The lowest BCUT2D eigenvalue weighted by Crippen LogP contribution is -2.26. The minimum atomic E-state index is -0.849. The topological polar surface area (TPSA) is 53.4 Å². The molecule has 1 heterocycles. The molecule has 100 valence electrons. The number of aromatic carboxylic acids is 1. The van der Waals surface area contributed by atoms with Crippen LogP contribution in [0.4, 0.5) is 5.13 Å². The summed E-state index contributed by atoms with van der Waals surface area (Å²) in [5.41, 5.74) is 0.722. The highest BCUT2D eigenvalue weighted by molar-refractivity contribution is 7.17. The van der Waals surface area contributed by atoms with Gasteiger partial charge in [-0.25, -0.2) is 9.78 Å². The van der Waals surface area contributed by atoms with E-state index in [1.54, 1.807) is 0 Å². The van der Waals surface area contributed by atoms with Crippen LogP contribution in [0.1, 0.15) is 48.5 Å². The summed E-state index contributed by atoms with van der Waals surface area (Å²) >= 11 is 1.33. The number of aromatic nitrogens is 1. The molecule has 18 heavy (non-hydrogen) atoms. The van der Waals surface area contributed by atoms with Gasteiger partial charge in [-0.05, 0) is 31.6 Å². The van der Waals surface area contributed by atoms with E-state index >= 15 is 0 Å². The molecular weight excluding hydrogens is 248 g/mol. The Hall–Kier alpha value is -1.10. The Balaban J connectivity index is 2.19. The van der Waals surface area contributed by atoms with Crippen LogP contribution in [0.25, 0.3) is 0 Å². The molecule has 1 aromatic heterocycles. The minimum absolute atomic E-state index is 0.407. The quantitative estimate of drug-likeness (QED) is 0.826. The average molecular weight is 268 g/mol. The molecule has 0 spiro atoms. The summed E-state index contributed by atoms with van der Waals surface area (Å²) in [5.74, 6) is -0.0581. The Morgan fingerprint density at radius 2 is 2.22 bits per heavy atom. The van der Waals surface area contributed by atoms with Crippen molar-refractivity contribution >= 4 is 22.4 Å². The summed E-state index contributed by atoms with van der Waals surface area (Å²) in [7, 11) is 0. The Bertz CT molecular complexity index is 427. The molecule has 0 unspecified atom stereocenters. The molecule has 1 aliphatic rings. The molecule has 1 N–H and O–H groups in total. The predicted octanol–water partition coefficient (Wildman–Crippen LogP) is 3.03. The van der Waals surface area contributed by atoms with Crippen molar-refractivity contribution < 1.29 is 9.90 Å². The lowest BCUT2D eigenvalue weighted by Gasteiger charge is -2.20. The van der Waals surface area contributed by atoms with Crippen LogP contribution in [0, 0.1) is 5.92 Å². The number of anilines is 1. The maximum Gasteiger partial charge on any atom is 0.347 e. The zero-order valence-electron chi connectivity index (χ0n) is 11.0. The van der Waals surface area contributed by atoms with Crippen molar-refractivity contribution in [3.8, 4) is 0 Å². The Kier molecular flexibility index (Phi) is 4.22. The van der Waals surface area contributed by atoms with Crippen LogP contribution < -0.4 is 4.90 Å². The highest BCUT2D eigenvalue weighted by atomic mass is 32.1. The number of carboxylic acids is 1. The fraction of sp³-hybridized carbons (Fsp3) is 0.692. The molecule has 0 radical (unpaired) electrons. The van der Waals surface area contributed by atoms with Gasteiger partial charge in [-0.1, -0.05) is 25.2 Å². The number of rotatable bonds is 7. The fourth-order valence-corrected chi connectivity index (χ4v) is 3.06. The summed E-state index contributed by atoms with van der Waals surface area (Å²) < 4.78 is 0. The molecule has 1 saturated carbocycles. The van der Waals surface area contributed by atoms with Crippen LogP contribution in [-0.2, 0) is 6.42 Å². The van der Waals surface area contributed by atoms with Gasteiger partial charge in [0.25, 0.3) is 0 Å². The second kappa shape index (κ2) is 5.69. The van der Waals surface area contributed by atoms with E-state index in [0.717, 1.165) is 36.3 Å². The molecule has 0 saturated heterocycles. The van der Waals surface area contributed by atoms with Crippen molar-refractivity contribution in [2.75, 3.05) is 18.0 Å². The molecular formula is C13H20N2O2S. The number of aryl methyl sites for hydroxylation is 1. The molecule has 0 aromatic carbocycles. The normalized spacial score (nSPS) is 14.8. The first-order valence-corrected chi connectivity index (χ1v) is 7.45. The Morgan fingerprint density at radius 1 is 1.50 bits per heavy atom. The number of carboxylic acid groups (broad SMARTS) is 1. The van der Waals surface area contributed by atoms with Crippen LogP contribution in [0.3, 0.4) is 0 Å². The fourth-order valence-electron chi connectivity index (χ4n) is 2.03. The first kappa shape index (κ1) is 13.3. The zero-order valence-corrected chi connectivity index (χ0v) is 11.8. The first-order valence-electron chi connectivity index (χ1n) is 6.63. The third-order valence-electron chi connectivity index (χ3n) is 3.15. The van der Waals surface area contributed by atoms with Crippen LogP contribution in [-0.4, -0.2) is 29.1 Å². The molecule has 5 heteroatoms. The number of thiazole rings is 1. The number of hydrogen-bond acceptors (Lipinski definition) is 4. The molecule has 0 aliphatic heterocycles. The van der Waals surface area contributed by atoms with Gasteiger partial charge in [-0.2, -0.15) is 0 Å². The highest BCUT2D eigenvalue weighted by Gasteiger charge is 2.26. The molecule has 2 rings (SSSR count). The number of nitrogens with zero attached hydrogens (tertiary/aromatic N) is 2. The smallest absolute Gasteiger partial charge is 0.347 e. The van der Waals surface area contributed by atoms with Crippen LogP contribution in [0.15, 0.2) is 0 Å². The van der Waals surface area contributed by atoms with E-state index < -0.39 is 5.97 Å². The van der Waals surface area contributed by atoms with Crippen LogP contribution in [0.5, 0.6) is 0 Å². The summed E-state index contributed by atoms with van der Waals surface area (Å²) in [5, 5.41) is 10.1. The summed E-state index contributed by atoms with van der Waals surface area (Å²) in [6, 6.07) is 0. The first-order chi connectivity index (χ1) is 8.65. The highest BCUT2D eigenvalue weighted by Crippen LogP contribution is 2.34. The Morgan fingerprint density at radius 3 is 2.67 bits per heavy atom. The third-order valence-corrected chi connectivity index (χ3v) is 4.30. The van der Waals surface area contributed by atoms with E-state index in [1.807, 2.05) is 6.92 Å². The lowest BCUT2D eigenvalue weighted by atomic mass is 10.3. The molecule has 1 aromatic rings. The van der Waals surface area contributed by atoms with Crippen molar-refractivity contribution in [2.45, 2.75) is 39.5 Å². The maximum atomic E-state index is 11.2. The van der Waals surface area contributed by atoms with E-state index in [4.69, 9.17) is 5.11 Å². The van der Waals surface area contributed by atoms with Gasteiger partial charge in [0.1, 0.15) is 4.88 Å². The molecule has 0 bridgehead atoms. The standard InChI is InChI=1S/C13H20N2O2S/c1-3-7-15(8-9-5-6-9)13-14-10(4-2)11(18-13)12(16)17/h9H,3-8H2,1-2H3,(H,16,17). The van der Waals surface area contributed by atoms with E-state index in [9.17, 15) is 4.79 Å². The largest absolute Gasteiger partial charge is 0.477 e. The predicted molar refractivity (Wildman–Crippen MR) is 73.7 cm³/mol. The van der Waals surface area contributed by atoms with Gasteiger partial charge in [0.15, 0.2) is 5.13 Å². The monoisotopic (exact) mass is 268 g/mol. The summed E-state index contributed by atoms with van der Waals surface area (Å²) in [6.45, 7) is 6.10. The van der Waals surface area contributed by atoms with E-state index in [1.165, 1.54) is 24.2 Å². The maximum absolute atomic E-state index is 11.2. The second-order valence-corrected chi connectivity index (χ2v) is 5.80. The third kappa shape index (κ3) is 3.02. The molecule has 0 amide bonds. The van der Waals surface area contributed by atoms with Crippen molar-refractivity contribution in [3.63, 3.8) is 0 Å². The van der Waals surface area contributed by atoms with E-state index in [0.29, 0.717) is 11.3 Å². The zero-order chi connectivity index (χ0) is 13.1.